The predicted molar refractivity (Wildman–Crippen MR) is 78.6 cm³/mol. The second-order valence-electron chi connectivity index (χ2n) is 6.61. The van der Waals surface area contributed by atoms with E-state index in [4.69, 9.17) is 4.98 Å². The maximum absolute atomic E-state index is 4.79. The summed E-state index contributed by atoms with van der Waals surface area (Å²) in [7, 11) is 0. The zero-order valence-corrected chi connectivity index (χ0v) is 11.5. The van der Waals surface area contributed by atoms with Crippen molar-refractivity contribution in [2.75, 3.05) is 13.1 Å². The van der Waals surface area contributed by atoms with E-state index in [0.717, 1.165) is 18.4 Å². The molecule has 0 spiro atoms. The summed E-state index contributed by atoms with van der Waals surface area (Å²) in [5.74, 6) is 2.44. The molecule has 5 rings (SSSR count). The fraction of sp³-hybridized carbons (Fsp3) is 0.471. The molecule has 3 nitrogen and oxygen atoms in total. The van der Waals surface area contributed by atoms with E-state index in [1.165, 1.54) is 48.4 Å². The van der Waals surface area contributed by atoms with Gasteiger partial charge in [0.1, 0.15) is 0 Å². The summed E-state index contributed by atoms with van der Waals surface area (Å²) in [6, 6.07) is 8.80. The van der Waals surface area contributed by atoms with Crippen LogP contribution >= 0.6 is 0 Å². The summed E-state index contributed by atoms with van der Waals surface area (Å²) in [6.07, 6.45) is 4.70. The monoisotopic (exact) mass is 265 g/mol. The average Bonchev–Trinajstić information content (AvgIpc) is 3.16. The van der Waals surface area contributed by atoms with Crippen molar-refractivity contribution in [3.05, 3.63) is 41.9 Å². The number of nitrogens with one attached hydrogen (secondary N) is 1. The molecule has 0 bridgehead atoms. The first-order valence-electron chi connectivity index (χ1n) is 7.74. The van der Waals surface area contributed by atoms with Gasteiger partial charge in [-0.2, -0.15) is 0 Å². The maximum atomic E-state index is 4.79. The molecule has 1 aromatic carbocycles. The number of fused-ring (bicyclic) bond motifs is 4. The van der Waals surface area contributed by atoms with Gasteiger partial charge in [0.25, 0.3) is 0 Å². The van der Waals surface area contributed by atoms with Crippen molar-refractivity contribution in [3.8, 4) is 11.3 Å². The van der Waals surface area contributed by atoms with Crippen LogP contribution in [0.25, 0.3) is 11.3 Å². The number of rotatable bonds is 1. The number of aromatic nitrogens is 2. The van der Waals surface area contributed by atoms with Crippen LogP contribution < -0.4 is 5.32 Å². The molecule has 2 unspecified atom stereocenters. The first-order chi connectivity index (χ1) is 9.90. The van der Waals surface area contributed by atoms with Crippen LogP contribution in [-0.4, -0.2) is 22.6 Å². The van der Waals surface area contributed by atoms with Gasteiger partial charge in [-0.25, -0.2) is 4.98 Å². The molecule has 1 saturated carbocycles. The van der Waals surface area contributed by atoms with Crippen molar-refractivity contribution >= 4 is 0 Å². The molecule has 102 valence electrons. The Morgan fingerprint density at radius 3 is 2.75 bits per heavy atom. The Bertz CT molecular complexity index is 661. The predicted octanol–water partition coefficient (Wildman–Crippen LogP) is 2.62. The summed E-state index contributed by atoms with van der Waals surface area (Å²) in [4.78, 5) is 4.79. The van der Waals surface area contributed by atoms with Crippen LogP contribution in [0.5, 0.6) is 0 Å². The third-order valence-electron chi connectivity index (χ3n) is 5.52. The average molecular weight is 265 g/mol. The normalized spacial score (nSPS) is 30.3. The molecule has 3 heteroatoms. The molecular weight excluding hydrogens is 246 g/mol. The Hall–Kier alpha value is -1.61. The first kappa shape index (κ1) is 11.1. The van der Waals surface area contributed by atoms with Gasteiger partial charge >= 0.3 is 0 Å². The smallest absolute Gasteiger partial charge is 0.0957 e. The third-order valence-corrected chi connectivity index (χ3v) is 5.52. The molecule has 1 aliphatic carbocycles. The zero-order valence-electron chi connectivity index (χ0n) is 11.5. The molecule has 0 amide bonds. The molecule has 3 heterocycles. The molecule has 2 fully saturated rings. The number of nitrogens with zero attached hydrogens (tertiary/aromatic N) is 2. The van der Waals surface area contributed by atoms with Crippen LogP contribution in [0.15, 0.2) is 30.6 Å². The van der Waals surface area contributed by atoms with Gasteiger partial charge in [0.2, 0.25) is 0 Å². The number of imidazole rings is 1. The van der Waals surface area contributed by atoms with Crippen LogP contribution in [0.2, 0.25) is 0 Å². The fourth-order valence-corrected chi connectivity index (χ4v) is 4.57. The van der Waals surface area contributed by atoms with Crippen molar-refractivity contribution in [2.45, 2.75) is 25.3 Å². The van der Waals surface area contributed by atoms with Crippen LogP contribution in [0.3, 0.4) is 0 Å². The SMILES string of the molecule is c1ccc2c(c1)Cn1cnc(C3CC4CNCC4C3)c1-2. The lowest BCUT2D eigenvalue weighted by molar-refractivity contribution is 0.494. The molecule has 1 saturated heterocycles. The number of hydrogen-bond donors (Lipinski definition) is 1. The van der Waals surface area contributed by atoms with Crippen LogP contribution in [0, 0.1) is 11.8 Å². The zero-order chi connectivity index (χ0) is 13.1. The first-order valence-corrected chi connectivity index (χ1v) is 7.74. The van der Waals surface area contributed by atoms with Gasteiger partial charge in [0.05, 0.1) is 17.7 Å². The Labute approximate surface area is 119 Å². The highest BCUT2D eigenvalue weighted by Gasteiger charge is 2.40. The van der Waals surface area contributed by atoms with Crippen molar-refractivity contribution in [1.29, 1.82) is 0 Å². The Kier molecular flexibility index (Phi) is 2.19. The molecule has 3 aliphatic rings. The van der Waals surface area contributed by atoms with E-state index in [-0.39, 0.29) is 0 Å². The van der Waals surface area contributed by atoms with E-state index in [1.54, 1.807) is 0 Å². The van der Waals surface area contributed by atoms with E-state index in [1.807, 2.05) is 0 Å². The molecule has 1 aromatic heterocycles. The lowest BCUT2D eigenvalue weighted by atomic mass is 9.96. The van der Waals surface area contributed by atoms with Gasteiger partial charge in [-0.3, -0.25) is 0 Å². The molecule has 20 heavy (non-hydrogen) atoms. The van der Waals surface area contributed by atoms with Crippen molar-refractivity contribution in [3.63, 3.8) is 0 Å². The molecular formula is C17H19N3. The molecule has 2 atom stereocenters. The summed E-state index contributed by atoms with van der Waals surface area (Å²) in [6.45, 7) is 3.43. The molecule has 2 aromatic rings. The van der Waals surface area contributed by atoms with Gasteiger partial charge < -0.3 is 9.88 Å². The van der Waals surface area contributed by atoms with Crippen molar-refractivity contribution < 1.29 is 0 Å². The number of hydrogen-bond acceptors (Lipinski definition) is 2. The second kappa shape index (κ2) is 3.95. The summed E-state index contributed by atoms with van der Waals surface area (Å²) in [5.41, 5.74) is 5.63. The van der Waals surface area contributed by atoms with Crippen molar-refractivity contribution in [2.24, 2.45) is 11.8 Å². The van der Waals surface area contributed by atoms with Crippen LogP contribution in [0.1, 0.15) is 30.0 Å². The third kappa shape index (κ3) is 1.41. The largest absolute Gasteiger partial charge is 0.326 e. The summed E-state index contributed by atoms with van der Waals surface area (Å²) < 4.78 is 2.34. The van der Waals surface area contributed by atoms with Crippen molar-refractivity contribution in [1.82, 2.24) is 14.9 Å². The van der Waals surface area contributed by atoms with E-state index >= 15 is 0 Å². The minimum absolute atomic E-state index is 0.675. The topological polar surface area (TPSA) is 29.9 Å². The lowest BCUT2D eigenvalue weighted by Crippen LogP contribution is -2.11. The van der Waals surface area contributed by atoms with E-state index < -0.39 is 0 Å². The highest BCUT2D eigenvalue weighted by molar-refractivity contribution is 5.70. The van der Waals surface area contributed by atoms with Crippen LogP contribution in [0.4, 0.5) is 0 Å². The molecule has 2 aliphatic heterocycles. The van der Waals surface area contributed by atoms with Gasteiger partial charge in [-0.1, -0.05) is 24.3 Å². The Morgan fingerprint density at radius 2 is 1.90 bits per heavy atom. The standard InChI is InChI=1S/C17H19N3/c1-2-4-15-11(3-1)9-20-10-19-16(17(15)20)12-5-13-7-18-8-14(13)6-12/h1-4,10,12-14,18H,5-9H2. The Morgan fingerprint density at radius 1 is 1.10 bits per heavy atom. The minimum atomic E-state index is 0.675. The second-order valence-corrected chi connectivity index (χ2v) is 6.61. The highest BCUT2D eigenvalue weighted by atomic mass is 15.1. The van der Waals surface area contributed by atoms with Gasteiger partial charge in [-0.05, 0) is 43.3 Å². The summed E-state index contributed by atoms with van der Waals surface area (Å²) >= 11 is 0. The van der Waals surface area contributed by atoms with Gasteiger partial charge in [0, 0.05) is 18.0 Å². The number of benzene rings is 1. The van der Waals surface area contributed by atoms with Gasteiger partial charge in [0.15, 0.2) is 0 Å². The van der Waals surface area contributed by atoms with Gasteiger partial charge in [-0.15, -0.1) is 0 Å². The maximum Gasteiger partial charge on any atom is 0.0957 e. The van der Waals surface area contributed by atoms with E-state index in [0.29, 0.717) is 5.92 Å². The van der Waals surface area contributed by atoms with E-state index in [9.17, 15) is 0 Å². The minimum Gasteiger partial charge on any atom is -0.326 e. The Balaban J connectivity index is 1.56. The molecule has 1 N–H and O–H groups in total. The molecule has 0 radical (unpaired) electrons. The quantitative estimate of drug-likeness (QED) is 0.733. The lowest BCUT2D eigenvalue weighted by Gasteiger charge is -2.11. The highest BCUT2D eigenvalue weighted by Crippen LogP contribution is 2.47. The van der Waals surface area contributed by atoms with E-state index in [2.05, 4.69) is 40.5 Å². The fourth-order valence-electron chi connectivity index (χ4n) is 4.57. The van der Waals surface area contributed by atoms with Crippen LogP contribution in [-0.2, 0) is 6.54 Å². The summed E-state index contributed by atoms with van der Waals surface area (Å²) in [5, 5.41) is 3.53.